The maximum absolute atomic E-state index is 11.7. The molecule has 2 N–H and O–H groups in total. The minimum atomic E-state index is -0.837. The van der Waals surface area contributed by atoms with E-state index in [2.05, 4.69) is 26.0 Å². The summed E-state index contributed by atoms with van der Waals surface area (Å²) in [6, 6.07) is 18.1. The highest BCUT2D eigenvalue weighted by molar-refractivity contribution is 5.72. The number of esters is 1. The lowest BCUT2D eigenvalue weighted by Gasteiger charge is -2.30. The standard InChI is InChI=1S/C32H36O8/c1-19-9-25(38-17-26-13-28(33)29(34)18-39-26)10-20(2)32(19)22-6-4-5-21(11-22)15-37-24-7-8-27-23(12-31(35)36-3)16-40-30(27)14-24/h4-11,14,23,26,28-29,33-34H,12-13,15-18H2,1-3H3/t23?,26-,28-,29-/m1/s1. The van der Waals surface area contributed by atoms with Crippen LogP contribution in [0.3, 0.4) is 0 Å². The molecule has 2 heterocycles. The van der Waals surface area contributed by atoms with Crippen LogP contribution < -0.4 is 14.2 Å². The molecule has 0 bridgehead atoms. The molecule has 0 aromatic heterocycles. The molecule has 8 nitrogen and oxygen atoms in total. The highest BCUT2D eigenvalue weighted by Gasteiger charge is 2.29. The van der Waals surface area contributed by atoms with Crippen molar-refractivity contribution in [2.24, 2.45) is 0 Å². The SMILES string of the molecule is COC(=O)CC1COc2cc(OCc3cccc(-c4c(C)cc(OC[C@H]5C[C@@H](O)[C@H](O)CO5)cc4C)c3)ccc21. The van der Waals surface area contributed by atoms with Crippen molar-refractivity contribution in [2.75, 3.05) is 26.9 Å². The number of ether oxygens (including phenoxy) is 5. The van der Waals surface area contributed by atoms with Crippen LogP contribution in [0.4, 0.5) is 0 Å². The van der Waals surface area contributed by atoms with Gasteiger partial charge >= 0.3 is 5.97 Å². The molecule has 4 atom stereocenters. The number of carbonyl (C=O) groups is 1. The molecule has 1 fully saturated rings. The molecule has 0 saturated carbocycles. The minimum absolute atomic E-state index is 0.000961. The maximum Gasteiger partial charge on any atom is 0.306 e. The van der Waals surface area contributed by atoms with Gasteiger partial charge in [0.2, 0.25) is 0 Å². The summed E-state index contributed by atoms with van der Waals surface area (Å²) < 4.78 is 28.2. The third-order valence-corrected chi connectivity index (χ3v) is 7.52. The van der Waals surface area contributed by atoms with Crippen LogP contribution in [-0.4, -0.2) is 61.4 Å². The predicted octanol–water partition coefficient (Wildman–Crippen LogP) is 4.48. The Bertz CT molecular complexity index is 1330. The topological polar surface area (TPSA) is 104 Å². The van der Waals surface area contributed by atoms with Gasteiger partial charge in [-0.2, -0.15) is 0 Å². The molecule has 2 aliphatic rings. The van der Waals surface area contributed by atoms with Gasteiger partial charge in [-0.1, -0.05) is 24.3 Å². The van der Waals surface area contributed by atoms with Crippen LogP contribution in [0.2, 0.25) is 0 Å². The summed E-state index contributed by atoms with van der Waals surface area (Å²) in [7, 11) is 1.40. The molecule has 5 rings (SSSR count). The second-order valence-corrected chi connectivity index (χ2v) is 10.5. The molecule has 0 amide bonds. The first-order chi connectivity index (χ1) is 19.3. The third-order valence-electron chi connectivity index (χ3n) is 7.52. The van der Waals surface area contributed by atoms with Crippen molar-refractivity contribution < 1.29 is 38.7 Å². The summed E-state index contributed by atoms with van der Waals surface area (Å²) in [4.78, 5) is 11.7. The van der Waals surface area contributed by atoms with E-state index in [4.69, 9.17) is 23.7 Å². The van der Waals surface area contributed by atoms with Crippen LogP contribution in [0.25, 0.3) is 11.1 Å². The molecule has 40 heavy (non-hydrogen) atoms. The smallest absolute Gasteiger partial charge is 0.306 e. The number of carbonyl (C=O) groups excluding carboxylic acids is 1. The van der Waals surface area contributed by atoms with Gasteiger partial charge in [-0.05, 0) is 65.9 Å². The molecule has 1 unspecified atom stereocenters. The number of fused-ring (bicyclic) bond motifs is 1. The van der Waals surface area contributed by atoms with Gasteiger partial charge in [0.05, 0.1) is 39.0 Å². The zero-order valence-corrected chi connectivity index (χ0v) is 23.1. The maximum atomic E-state index is 11.7. The fourth-order valence-corrected chi connectivity index (χ4v) is 5.39. The van der Waals surface area contributed by atoms with Gasteiger partial charge < -0.3 is 33.9 Å². The van der Waals surface area contributed by atoms with Gasteiger partial charge in [0.15, 0.2) is 0 Å². The van der Waals surface area contributed by atoms with Crippen LogP contribution in [0.1, 0.15) is 41.0 Å². The van der Waals surface area contributed by atoms with E-state index in [1.54, 1.807) is 0 Å². The fourth-order valence-electron chi connectivity index (χ4n) is 5.39. The highest BCUT2D eigenvalue weighted by atomic mass is 16.5. The number of aryl methyl sites for hydroxylation is 2. The van der Waals surface area contributed by atoms with Crippen molar-refractivity contribution in [3.63, 3.8) is 0 Å². The number of rotatable bonds is 9. The zero-order chi connectivity index (χ0) is 28.2. The van der Waals surface area contributed by atoms with Gasteiger partial charge in [-0.15, -0.1) is 0 Å². The van der Waals surface area contributed by atoms with E-state index in [1.165, 1.54) is 7.11 Å². The van der Waals surface area contributed by atoms with Crippen molar-refractivity contribution in [3.8, 4) is 28.4 Å². The fraction of sp³-hybridized carbons (Fsp3) is 0.406. The van der Waals surface area contributed by atoms with Crippen LogP contribution in [0, 0.1) is 13.8 Å². The molecule has 3 aromatic rings. The van der Waals surface area contributed by atoms with Crippen LogP contribution in [0.15, 0.2) is 54.6 Å². The summed E-state index contributed by atoms with van der Waals surface area (Å²) in [5, 5.41) is 19.5. The molecule has 2 aliphatic heterocycles. The summed E-state index contributed by atoms with van der Waals surface area (Å²) in [6.07, 6.45) is -1.23. The van der Waals surface area contributed by atoms with Crippen molar-refractivity contribution in [1.29, 1.82) is 0 Å². The second kappa shape index (κ2) is 12.3. The van der Waals surface area contributed by atoms with Crippen molar-refractivity contribution in [1.82, 2.24) is 0 Å². The Morgan fingerprint density at radius 1 is 0.950 bits per heavy atom. The number of aliphatic hydroxyl groups excluding tert-OH is 2. The number of benzene rings is 3. The van der Waals surface area contributed by atoms with E-state index in [0.717, 1.165) is 44.9 Å². The van der Waals surface area contributed by atoms with Gasteiger partial charge in [-0.3, -0.25) is 4.79 Å². The Hall–Kier alpha value is -3.59. The van der Waals surface area contributed by atoms with E-state index in [0.29, 0.717) is 38.4 Å². The molecule has 3 aromatic carbocycles. The van der Waals surface area contributed by atoms with Gasteiger partial charge in [-0.25, -0.2) is 0 Å². The quantitative estimate of drug-likeness (QED) is 0.378. The van der Waals surface area contributed by atoms with Crippen LogP contribution in [0.5, 0.6) is 17.2 Å². The van der Waals surface area contributed by atoms with Crippen LogP contribution >= 0.6 is 0 Å². The molecule has 0 radical (unpaired) electrons. The van der Waals surface area contributed by atoms with E-state index in [1.807, 2.05) is 42.5 Å². The normalized spacial score (nSPS) is 21.8. The number of hydrogen-bond acceptors (Lipinski definition) is 8. The predicted molar refractivity (Wildman–Crippen MR) is 149 cm³/mol. The Morgan fingerprint density at radius 3 is 2.50 bits per heavy atom. The number of methoxy groups -OCH3 is 1. The summed E-state index contributed by atoms with van der Waals surface area (Å²) in [5.41, 5.74) is 6.45. The Morgan fingerprint density at radius 2 is 1.75 bits per heavy atom. The van der Waals surface area contributed by atoms with Crippen molar-refractivity contribution in [3.05, 3.63) is 76.9 Å². The lowest BCUT2D eigenvalue weighted by molar-refractivity contribution is -0.141. The van der Waals surface area contributed by atoms with Crippen LogP contribution in [-0.2, 0) is 20.9 Å². The minimum Gasteiger partial charge on any atom is -0.492 e. The first-order valence-electron chi connectivity index (χ1n) is 13.6. The highest BCUT2D eigenvalue weighted by Crippen LogP contribution is 2.39. The average Bonchev–Trinajstić information content (AvgIpc) is 3.34. The third kappa shape index (κ3) is 6.41. The number of hydrogen-bond donors (Lipinski definition) is 2. The first-order valence-corrected chi connectivity index (χ1v) is 13.6. The van der Waals surface area contributed by atoms with E-state index >= 15 is 0 Å². The zero-order valence-electron chi connectivity index (χ0n) is 23.1. The van der Waals surface area contributed by atoms with Crippen molar-refractivity contribution in [2.45, 2.75) is 57.5 Å². The molecule has 212 valence electrons. The monoisotopic (exact) mass is 548 g/mol. The van der Waals surface area contributed by atoms with Gasteiger partial charge in [0, 0.05) is 24.0 Å². The number of aliphatic hydroxyl groups is 2. The average molecular weight is 549 g/mol. The Balaban J connectivity index is 1.22. The second-order valence-electron chi connectivity index (χ2n) is 10.5. The first kappa shape index (κ1) is 28.0. The molecule has 0 spiro atoms. The van der Waals surface area contributed by atoms with E-state index < -0.39 is 12.2 Å². The Labute approximate surface area is 234 Å². The summed E-state index contributed by atoms with van der Waals surface area (Å²) in [5.74, 6) is 1.96. The van der Waals surface area contributed by atoms with Gasteiger partial charge in [0.25, 0.3) is 0 Å². The van der Waals surface area contributed by atoms with E-state index in [-0.39, 0.29) is 24.6 Å². The molecule has 8 heteroatoms. The van der Waals surface area contributed by atoms with Gasteiger partial charge in [0.1, 0.15) is 36.6 Å². The summed E-state index contributed by atoms with van der Waals surface area (Å²) in [6.45, 7) is 5.42. The molecule has 0 aliphatic carbocycles. The molecular weight excluding hydrogens is 512 g/mol. The van der Waals surface area contributed by atoms with Crippen molar-refractivity contribution >= 4 is 5.97 Å². The lowest BCUT2D eigenvalue weighted by Crippen LogP contribution is -2.43. The van der Waals surface area contributed by atoms with E-state index in [9.17, 15) is 15.0 Å². The lowest BCUT2D eigenvalue weighted by atomic mass is 9.94. The molecule has 1 saturated heterocycles. The Kier molecular flexibility index (Phi) is 8.59. The molecular formula is C32H36O8. The largest absolute Gasteiger partial charge is 0.492 e. The summed E-state index contributed by atoms with van der Waals surface area (Å²) >= 11 is 0.